The molecular weight excluding hydrogens is 422 g/mol. The fraction of sp³-hybridized carbons (Fsp3) is 0.182. The van der Waals surface area contributed by atoms with Crippen LogP contribution in [0.15, 0.2) is 40.3 Å². The quantitative estimate of drug-likeness (QED) is 0.418. The Kier molecular flexibility index (Phi) is 5.43. The number of hydrogen-bond acceptors (Lipinski definition) is 9. The third-order valence-electron chi connectivity index (χ3n) is 4.80. The minimum absolute atomic E-state index is 0.139. The second-order valence-electron chi connectivity index (χ2n) is 6.38. The van der Waals surface area contributed by atoms with Gasteiger partial charge in [-0.2, -0.15) is 0 Å². The van der Waals surface area contributed by atoms with Crippen molar-refractivity contribution in [1.29, 1.82) is 0 Å². The number of furan rings is 1. The first-order chi connectivity index (χ1) is 15.0. The van der Waals surface area contributed by atoms with Gasteiger partial charge in [0.1, 0.15) is 0 Å². The van der Waals surface area contributed by atoms with Crippen LogP contribution in [0.25, 0.3) is 21.7 Å². The summed E-state index contributed by atoms with van der Waals surface area (Å²) in [6, 6.07) is 6.37. The Morgan fingerprint density at radius 1 is 1.00 bits per heavy atom. The van der Waals surface area contributed by atoms with E-state index < -0.39 is 0 Å². The van der Waals surface area contributed by atoms with Gasteiger partial charge in [-0.05, 0) is 24.3 Å². The van der Waals surface area contributed by atoms with Gasteiger partial charge in [0.25, 0.3) is 0 Å². The van der Waals surface area contributed by atoms with E-state index in [2.05, 4.69) is 4.98 Å². The number of carbonyl (C=O) groups excluding carboxylic acids is 1. The molecule has 0 atom stereocenters. The van der Waals surface area contributed by atoms with E-state index in [0.29, 0.717) is 33.2 Å². The van der Waals surface area contributed by atoms with Crippen molar-refractivity contribution in [1.82, 2.24) is 4.98 Å². The number of phenols is 1. The maximum Gasteiger partial charge on any atom is 0.203 e. The van der Waals surface area contributed by atoms with E-state index in [9.17, 15) is 9.90 Å². The highest BCUT2D eigenvalue weighted by molar-refractivity contribution is 7.13. The van der Waals surface area contributed by atoms with Gasteiger partial charge in [-0.3, -0.25) is 4.79 Å². The van der Waals surface area contributed by atoms with Crippen LogP contribution in [-0.2, 0) is 0 Å². The van der Waals surface area contributed by atoms with Crippen LogP contribution in [0.5, 0.6) is 28.7 Å². The molecule has 0 fully saturated rings. The van der Waals surface area contributed by atoms with Crippen molar-refractivity contribution in [2.45, 2.75) is 0 Å². The first-order valence-electron chi connectivity index (χ1n) is 9.11. The number of carbonyl (C=O) groups is 1. The van der Waals surface area contributed by atoms with Gasteiger partial charge in [-0.1, -0.05) is 0 Å². The van der Waals surface area contributed by atoms with Crippen LogP contribution in [0, 0.1) is 0 Å². The molecule has 0 aliphatic rings. The maximum atomic E-state index is 13.7. The second kappa shape index (κ2) is 8.19. The highest BCUT2D eigenvalue weighted by Crippen LogP contribution is 2.44. The topological polar surface area (TPSA) is 100 Å². The summed E-state index contributed by atoms with van der Waals surface area (Å²) < 4.78 is 27.2. The molecular formula is C22H19NO7S. The number of rotatable bonds is 7. The number of benzene rings is 2. The first-order valence-corrected chi connectivity index (χ1v) is 9.99. The fourth-order valence-electron chi connectivity index (χ4n) is 3.36. The van der Waals surface area contributed by atoms with Crippen LogP contribution in [0.4, 0.5) is 0 Å². The SMILES string of the molecule is COc1cc(C(=O)c2c(-c3nccs3)oc3c(O)c(OC)ccc23)cc(OC)c1OC. The van der Waals surface area contributed by atoms with Crippen molar-refractivity contribution in [3.8, 4) is 39.5 Å². The highest BCUT2D eigenvalue weighted by Gasteiger charge is 2.28. The molecule has 0 radical (unpaired) electrons. The van der Waals surface area contributed by atoms with E-state index >= 15 is 0 Å². The van der Waals surface area contributed by atoms with Crippen molar-refractivity contribution in [2.75, 3.05) is 28.4 Å². The van der Waals surface area contributed by atoms with E-state index in [-0.39, 0.29) is 34.2 Å². The molecule has 0 bridgehead atoms. The molecule has 0 amide bonds. The molecule has 0 unspecified atom stereocenters. The van der Waals surface area contributed by atoms with E-state index in [1.165, 1.54) is 39.8 Å². The Morgan fingerprint density at radius 3 is 2.23 bits per heavy atom. The number of nitrogens with zero attached hydrogens (tertiary/aromatic N) is 1. The molecule has 4 aromatic rings. The standard InChI is InChI=1S/C22H19NO7S/c1-26-13-6-5-12-16(21(22-23-7-8-31-22)30-19(12)18(13)25)17(24)11-9-14(27-2)20(29-4)15(10-11)28-3/h5-10,25H,1-4H3. The lowest BCUT2D eigenvalue weighted by molar-refractivity contribution is 0.103. The van der Waals surface area contributed by atoms with Gasteiger partial charge in [0.2, 0.25) is 11.5 Å². The van der Waals surface area contributed by atoms with Crippen molar-refractivity contribution >= 4 is 28.1 Å². The van der Waals surface area contributed by atoms with E-state index in [1.807, 2.05) is 0 Å². The summed E-state index contributed by atoms with van der Waals surface area (Å²) in [5.74, 6) is 1.01. The second-order valence-corrected chi connectivity index (χ2v) is 7.27. The largest absolute Gasteiger partial charge is 0.502 e. The summed E-state index contributed by atoms with van der Waals surface area (Å²) in [7, 11) is 5.88. The Balaban J connectivity index is 1.98. The molecule has 2 aromatic heterocycles. The van der Waals surface area contributed by atoms with Crippen LogP contribution in [0.3, 0.4) is 0 Å². The summed E-state index contributed by atoms with van der Waals surface area (Å²) >= 11 is 1.32. The highest BCUT2D eigenvalue weighted by atomic mass is 32.1. The average Bonchev–Trinajstić information content (AvgIpc) is 3.46. The number of ether oxygens (including phenoxy) is 4. The van der Waals surface area contributed by atoms with Crippen molar-refractivity contribution in [3.05, 3.63) is 47.0 Å². The molecule has 2 aromatic carbocycles. The molecule has 0 spiro atoms. The van der Waals surface area contributed by atoms with Gasteiger partial charge in [0.15, 0.2) is 39.4 Å². The lowest BCUT2D eigenvalue weighted by Crippen LogP contribution is -2.05. The van der Waals surface area contributed by atoms with Crippen LogP contribution in [0.2, 0.25) is 0 Å². The van der Waals surface area contributed by atoms with Gasteiger partial charge in [-0.15, -0.1) is 11.3 Å². The van der Waals surface area contributed by atoms with E-state index in [4.69, 9.17) is 23.4 Å². The molecule has 0 saturated carbocycles. The molecule has 31 heavy (non-hydrogen) atoms. The average molecular weight is 441 g/mol. The van der Waals surface area contributed by atoms with Gasteiger partial charge in [-0.25, -0.2) is 4.98 Å². The Hall–Kier alpha value is -3.72. The first kappa shape index (κ1) is 20.5. The number of aromatic hydroxyl groups is 1. The van der Waals surface area contributed by atoms with E-state index in [1.54, 1.807) is 35.8 Å². The zero-order valence-electron chi connectivity index (χ0n) is 17.2. The third kappa shape index (κ3) is 3.32. The molecule has 2 heterocycles. The number of ketones is 1. The Morgan fingerprint density at radius 2 is 1.68 bits per heavy atom. The minimum atomic E-state index is -0.354. The Bertz CT molecular complexity index is 1240. The number of phenolic OH excluding ortho intramolecular Hbond substituents is 1. The van der Waals surface area contributed by atoms with Gasteiger partial charge < -0.3 is 28.5 Å². The molecule has 9 heteroatoms. The summed E-state index contributed by atoms with van der Waals surface area (Å²) in [6.07, 6.45) is 1.61. The molecule has 4 rings (SSSR count). The molecule has 160 valence electrons. The van der Waals surface area contributed by atoms with Crippen LogP contribution >= 0.6 is 11.3 Å². The number of thiazole rings is 1. The van der Waals surface area contributed by atoms with Crippen LogP contribution in [-0.4, -0.2) is 44.3 Å². The molecule has 0 aliphatic carbocycles. The van der Waals surface area contributed by atoms with Gasteiger partial charge >= 0.3 is 0 Å². The summed E-state index contributed by atoms with van der Waals surface area (Å²) in [4.78, 5) is 18.0. The number of methoxy groups -OCH3 is 4. The van der Waals surface area contributed by atoms with Crippen LogP contribution < -0.4 is 18.9 Å². The summed E-state index contributed by atoms with van der Waals surface area (Å²) in [6.45, 7) is 0. The number of aromatic nitrogens is 1. The summed E-state index contributed by atoms with van der Waals surface area (Å²) in [5, 5.41) is 13.3. The van der Waals surface area contributed by atoms with Gasteiger partial charge in [0.05, 0.1) is 34.0 Å². The minimum Gasteiger partial charge on any atom is -0.502 e. The van der Waals surface area contributed by atoms with Crippen molar-refractivity contribution < 1.29 is 33.3 Å². The fourth-order valence-corrected chi connectivity index (χ4v) is 3.98. The molecule has 8 nitrogen and oxygen atoms in total. The van der Waals surface area contributed by atoms with E-state index in [0.717, 1.165) is 0 Å². The molecule has 0 saturated heterocycles. The smallest absolute Gasteiger partial charge is 0.203 e. The van der Waals surface area contributed by atoms with Crippen molar-refractivity contribution in [3.63, 3.8) is 0 Å². The van der Waals surface area contributed by atoms with Crippen molar-refractivity contribution in [2.24, 2.45) is 0 Å². The van der Waals surface area contributed by atoms with Crippen LogP contribution in [0.1, 0.15) is 15.9 Å². The third-order valence-corrected chi connectivity index (χ3v) is 5.57. The van der Waals surface area contributed by atoms with Gasteiger partial charge in [0, 0.05) is 22.5 Å². The summed E-state index contributed by atoms with van der Waals surface area (Å²) in [5.41, 5.74) is 0.697. The number of hydrogen-bond donors (Lipinski definition) is 1. The maximum absolute atomic E-state index is 13.7. The predicted molar refractivity (Wildman–Crippen MR) is 115 cm³/mol. The lowest BCUT2D eigenvalue weighted by atomic mass is 9.99. The zero-order valence-corrected chi connectivity index (χ0v) is 18.0. The lowest BCUT2D eigenvalue weighted by Gasteiger charge is -2.13. The zero-order chi connectivity index (χ0) is 22.1. The number of fused-ring (bicyclic) bond motifs is 1. The monoisotopic (exact) mass is 441 g/mol. The normalized spacial score (nSPS) is 10.8. The molecule has 1 N–H and O–H groups in total. The Labute approximate surface area is 181 Å². The predicted octanol–water partition coefficient (Wildman–Crippen LogP) is 4.53. The molecule has 0 aliphatic heterocycles.